The van der Waals surface area contributed by atoms with Crippen molar-refractivity contribution in [2.45, 2.75) is 20.1 Å². The van der Waals surface area contributed by atoms with E-state index in [9.17, 15) is 9.18 Å². The summed E-state index contributed by atoms with van der Waals surface area (Å²) in [4.78, 5) is 17.2. The third-order valence-electron chi connectivity index (χ3n) is 4.59. The van der Waals surface area contributed by atoms with E-state index in [2.05, 4.69) is 10.3 Å². The van der Waals surface area contributed by atoms with Crippen molar-refractivity contribution < 1.29 is 13.9 Å². The molecule has 3 aromatic carbocycles. The van der Waals surface area contributed by atoms with E-state index in [-0.39, 0.29) is 19.1 Å². The predicted octanol–water partition coefficient (Wildman–Crippen LogP) is 4.70. The van der Waals surface area contributed by atoms with Gasteiger partial charge >= 0.3 is 0 Å². The second-order valence-electron chi connectivity index (χ2n) is 6.72. The topological polar surface area (TPSA) is 56.2 Å². The average Bonchev–Trinajstić information content (AvgIpc) is 3.05. The van der Waals surface area contributed by atoms with Gasteiger partial charge < -0.3 is 14.6 Å². The van der Waals surface area contributed by atoms with Crippen LogP contribution in [0.3, 0.4) is 0 Å². The first-order valence-corrected chi connectivity index (χ1v) is 9.28. The Morgan fingerprint density at radius 1 is 1.07 bits per heavy atom. The first-order chi connectivity index (χ1) is 14.1. The Kier molecular flexibility index (Phi) is 5.24. The summed E-state index contributed by atoms with van der Waals surface area (Å²) in [6, 6.07) is 21.2. The maximum Gasteiger partial charge on any atom is 0.244 e. The molecular formula is C23H20FN3O2. The molecule has 1 N–H and O–H groups in total. The fourth-order valence-electron chi connectivity index (χ4n) is 3.18. The number of imidazole rings is 1. The summed E-state index contributed by atoms with van der Waals surface area (Å²) >= 11 is 0. The highest BCUT2D eigenvalue weighted by Gasteiger charge is 2.15. The molecule has 0 atom stereocenters. The summed E-state index contributed by atoms with van der Waals surface area (Å²) in [7, 11) is 0. The molecule has 5 nitrogen and oxygen atoms in total. The van der Waals surface area contributed by atoms with Crippen LogP contribution < -0.4 is 10.1 Å². The van der Waals surface area contributed by atoms with Crippen LogP contribution in [0.2, 0.25) is 0 Å². The van der Waals surface area contributed by atoms with Crippen molar-refractivity contribution in [1.82, 2.24) is 9.55 Å². The molecule has 6 heteroatoms. The molecule has 0 unspecified atom stereocenters. The summed E-state index contributed by atoms with van der Waals surface area (Å²) in [6.07, 6.45) is 0. The number of hydrogen-bond donors (Lipinski definition) is 1. The van der Waals surface area contributed by atoms with Crippen molar-refractivity contribution in [3.05, 3.63) is 90.0 Å². The van der Waals surface area contributed by atoms with Crippen LogP contribution in [0.15, 0.2) is 72.8 Å². The van der Waals surface area contributed by atoms with Crippen LogP contribution in [0.1, 0.15) is 11.4 Å². The molecule has 0 saturated carbocycles. The molecule has 0 aliphatic carbocycles. The molecule has 0 radical (unpaired) electrons. The van der Waals surface area contributed by atoms with Gasteiger partial charge in [-0.25, -0.2) is 9.37 Å². The lowest BCUT2D eigenvalue weighted by atomic mass is 10.2. The Hall–Kier alpha value is -3.67. The Balaban J connectivity index is 1.58. The fourth-order valence-corrected chi connectivity index (χ4v) is 3.18. The number of aromatic nitrogens is 2. The molecule has 0 aliphatic heterocycles. The molecule has 0 aliphatic rings. The van der Waals surface area contributed by atoms with Crippen molar-refractivity contribution in [2.24, 2.45) is 0 Å². The van der Waals surface area contributed by atoms with Crippen molar-refractivity contribution in [3.63, 3.8) is 0 Å². The van der Waals surface area contributed by atoms with Gasteiger partial charge in [-0.1, -0.05) is 36.4 Å². The number of nitrogens with one attached hydrogen (secondary N) is 1. The van der Waals surface area contributed by atoms with E-state index in [4.69, 9.17) is 4.74 Å². The highest BCUT2D eigenvalue weighted by atomic mass is 19.1. The number of para-hydroxylation sites is 3. The molecule has 146 valence electrons. The van der Waals surface area contributed by atoms with E-state index in [1.54, 1.807) is 12.1 Å². The molecule has 1 aromatic heterocycles. The number of ether oxygens (including phenoxy) is 1. The van der Waals surface area contributed by atoms with E-state index in [0.717, 1.165) is 22.3 Å². The molecule has 0 saturated heterocycles. The summed E-state index contributed by atoms with van der Waals surface area (Å²) in [5.74, 6) is 0.748. The highest BCUT2D eigenvalue weighted by Crippen LogP contribution is 2.21. The van der Waals surface area contributed by atoms with Crippen LogP contribution in [0.5, 0.6) is 5.75 Å². The van der Waals surface area contributed by atoms with Gasteiger partial charge in [0.05, 0.1) is 11.0 Å². The van der Waals surface area contributed by atoms with Crippen LogP contribution >= 0.6 is 0 Å². The van der Waals surface area contributed by atoms with Crippen LogP contribution in [0.25, 0.3) is 11.0 Å². The lowest BCUT2D eigenvalue weighted by Gasteiger charge is -2.12. The normalized spacial score (nSPS) is 10.8. The van der Waals surface area contributed by atoms with Crippen LogP contribution in [-0.4, -0.2) is 15.5 Å². The fraction of sp³-hybridized carbons (Fsp3) is 0.130. The minimum absolute atomic E-state index is 0.0451. The van der Waals surface area contributed by atoms with Gasteiger partial charge in [0, 0.05) is 5.69 Å². The molecule has 0 spiro atoms. The van der Waals surface area contributed by atoms with E-state index < -0.39 is 5.82 Å². The maximum atomic E-state index is 13.4. The summed E-state index contributed by atoms with van der Waals surface area (Å²) in [6.45, 7) is 2.25. The van der Waals surface area contributed by atoms with Gasteiger partial charge in [-0.2, -0.15) is 0 Å². The molecule has 1 heterocycles. The van der Waals surface area contributed by atoms with Gasteiger partial charge in [-0.15, -0.1) is 0 Å². The number of halogens is 1. The number of fused-ring (bicyclic) bond motifs is 1. The summed E-state index contributed by atoms with van der Waals surface area (Å²) in [5.41, 5.74) is 3.07. The van der Waals surface area contributed by atoms with E-state index in [0.29, 0.717) is 11.5 Å². The molecule has 29 heavy (non-hydrogen) atoms. The third kappa shape index (κ3) is 4.27. The highest BCUT2D eigenvalue weighted by molar-refractivity contribution is 5.91. The molecule has 1 amide bonds. The number of benzene rings is 3. The quantitative estimate of drug-likeness (QED) is 0.520. The van der Waals surface area contributed by atoms with Gasteiger partial charge in [0.2, 0.25) is 5.91 Å². The van der Waals surface area contributed by atoms with Gasteiger partial charge in [-0.05, 0) is 48.9 Å². The summed E-state index contributed by atoms with van der Waals surface area (Å²) in [5, 5.41) is 2.73. The number of carbonyl (C=O) groups excluding carboxylic acids is 1. The molecule has 4 rings (SSSR count). The van der Waals surface area contributed by atoms with Crippen LogP contribution in [0.4, 0.5) is 10.1 Å². The first-order valence-electron chi connectivity index (χ1n) is 9.28. The Labute approximate surface area is 167 Å². The van der Waals surface area contributed by atoms with Gasteiger partial charge in [0.25, 0.3) is 0 Å². The number of nitrogens with zero attached hydrogens (tertiary/aromatic N) is 2. The number of hydrogen-bond acceptors (Lipinski definition) is 3. The zero-order valence-corrected chi connectivity index (χ0v) is 15.9. The van der Waals surface area contributed by atoms with Crippen molar-refractivity contribution in [1.29, 1.82) is 0 Å². The number of aryl methyl sites for hydroxylation is 1. The van der Waals surface area contributed by atoms with Crippen molar-refractivity contribution in [2.75, 3.05) is 5.32 Å². The minimum atomic E-state index is -0.400. The maximum absolute atomic E-state index is 13.4. The summed E-state index contributed by atoms with van der Waals surface area (Å²) < 4.78 is 21.1. The minimum Gasteiger partial charge on any atom is -0.485 e. The van der Waals surface area contributed by atoms with E-state index >= 15 is 0 Å². The Morgan fingerprint density at radius 2 is 1.86 bits per heavy atom. The van der Waals surface area contributed by atoms with E-state index in [1.165, 1.54) is 12.1 Å². The number of carbonyl (C=O) groups is 1. The van der Waals surface area contributed by atoms with Gasteiger partial charge in [0.1, 0.15) is 30.5 Å². The molecular weight excluding hydrogens is 369 g/mol. The first kappa shape index (κ1) is 18.7. The van der Waals surface area contributed by atoms with Gasteiger partial charge in [0.15, 0.2) is 0 Å². The average molecular weight is 389 g/mol. The Bertz CT molecular complexity index is 1170. The smallest absolute Gasteiger partial charge is 0.244 e. The second kappa shape index (κ2) is 8.14. The zero-order valence-electron chi connectivity index (χ0n) is 15.9. The molecule has 0 fully saturated rings. The van der Waals surface area contributed by atoms with Crippen molar-refractivity contribution >= 4 is 22.6 Å². The number of amides is 1. The lowest BCUT2D eigenvalue weighted by molar-refractivity contribution is -0.116. The van der Waals surface area contributed by atoms with Crippen molar-refractivity contribution in [3.8, 4) is 5.75 Å². The molecule has 0 bridgehead atoms. The lowest BCUT2D eigenvalue weighted by Crippen LogP contribution is -2.20. The molecule has 4 aromatic rings. The SMILES string of the molecule is Cc1ccccc1OCc1nc2ccccc2n1CC(=O)Nc1cccc(F)c1. The standard InChI is InChI=1S/C23H20FN3O2/c1-16-7-2-5-12-21(16)29-15-22-26-19-10-3-4-11-20(19)27(22)14-23(28)25-18-9-6-8-17(24)13-18/h2-13H,14-15H2,1H3,(H,25,28). The second-order valence-corrected chi connectivity index (χ2v) is 6.72. The number of anilines is 1. The van der Waals surface area contributed by atoms with E-state index in [1.807, 2.05) is 60.0 Å². The van der Waals surface area contributed by atoms with Crippen LogP contribution in [-0.2, 0) is 17.9 Å². The van der Waals surface area contributed by atoms with Gasteiger partial charge in [-0.3, -0.25) is 4.79 Å². The predicted molar refractivity (Wildman–Crippen MR) is 110 cm³/mol. The zero-order chi connectivity index (χ0) is 20.2. The third-order valence-corrected chi connectivity index (χ3v) is 4.59. The Morgan fingerprint density at radius 3 is 2.69 bits per heavy atom. The van der Waals surface area contributed by atoms with Crippen LogP contribution in [0, 0.1) is 12.7 Å². The largest absolute Gasteiger partial charge is 0.485 e. The monoisotopic (exact) mass is 389 g/mol. The number of rotatable bonds is 6.